The third-order valence-corrected chi connectivity index (χ3v) is 6.05. The Balaban J connectivity index is 1.26. The van der Waals surface area contributed by atoms with E-state index in [0.29, 0.717) is 42.4 Å². The second kappa shape index (κ2) is 10.8. The molecule has 1 saturated heterocycles. The minimum Gasteiger partial charge on any atom is -0.434 e. The Morgan fingerprint density at radius 1 is 0.941 bits per heavy atom. The Kier molecular flexibility index (Phi) is 7.42. The fourth-order valence-corrected chi connectivity index (χ4v) is 4.19. The molecule has 0 spiro atoms. The van der Waals surface area contributed by atoms with Crippen molar-refractivity contribution in [3.8, 4) is 5.75 Å². The van der Waals surface area contributed by atoms with Gasteiger partial charge in [-0.2, -0.15) is 0 Å². The van der Waals surface area contributed by atoms with Crippen LogP contribution >= 0.6 is 0 Å². The Bertz CT molecular complexity index is 1160. The van der Waals surface area contributed by atoms with Gasteiger partial charge in [0.2, 0.25) is 0 Å². The smallest absolute Gasteiger partial charge is 0.434 e. The third-order valence-electron chi connectivity index (χ3n) is 6.05. The topological polar surface area (TPSA) is 84.9 Å². The van der Waals surface area contributed by atoms with Gasteiger partial charge in [-0.1, -0.05) is 36.4 Å². The second-order valence-corrected chi connectivity index (χ2v) is 8.28. The van der Waals surface area contributed by atoms with Crippen molar-refractivity contribution in [2.24, 2.45) is 5.92 Å². The summed E-state index contributed by atoms with van der Waals surface area (Å²) in [6.07, 6.45) is 0.883. The molecule has 2 amide bonds. The highest BCUT2D eigenvalue weighted by Crippen LogP contribution is 2.22. The number of nitrogens with one attached hydrogen (secondary N) is 1. The largest absolute Gasteiger partial charge is 0.513 e. The van der Waals surface area contributed by atoms with Gasteiger partial charge in [-0.15, -0.1) is 0 Å². The number of carbonyl (C=O) groups excluding carboxylic acids is 3. The van der Waals surface area contributed by atoms with Gasteiger partial charge in [0.15, 0.2) is 0 Å². The van der Waals surface area contributed by atoms with Gasteiger partial charge in [-0.25, -0.2) is 4.79 Å². The quantitative estimate of drug-likeness (QED) is 0.427. The molecule has 1 aliphatic rings. The average Bonchev–Trinajstić information content (AvgIpc) is 2.87. The Morgan fingerprint density at radius 3 is 2.38 bits per heavy atom. The van der Waals surface area contributed by atoms with Gasteiger partial charge in [0.1, 0.15) is 5.75 Å². The number of hydrogen-bond donors (Lipinski definition) is 1. The van der Waals surface area contributed by atoms with Crippen molar-refractivity contribution in [3.05, 3.63) is 77.9 Å². The SMILES string of the molecule is CCOC(=O)Oc1ccc(C(=O)N2CCC(CNC(=O)c3cccc4ccccc34)CC2)cc1. The number of likely N-dealkylation sites (tertiary alicyclic amines) is 1. The molecule has 1 N–H and O–H groups in total. The number of ether oxygens (including phenoxy) is 2. The molecule has 1 aliphatic heterocycles. The third kappa shape index (κ3) is 5.54. The van der Waals surface area contributed by atoms with E-state index >= 15 is 0 Å². The molecule has 0 unspecified atom stereocenters. The molecule has 3 aromatic rings. The summed E-state index contributed by atoms with van der Waals surface area (Å²) >= 11 is 0. The molecule has 34 heavy (non-hydrogen) atoms. The number of fused-ring (bicyclic) bond motifs is 1. The van der Waals surface area contributed by atoms with Gasteiger partial charge in [-0.3, -0.25) is 9.59 Å². The molecule has 0 radical (unpaired) electrons. The van der Waals surface area contributed by atoms with Gasteiger partial charge in [0.25, 0.3) is 11.8 Å². The summed E-state index contributed by atoms with van der Waals surface area (Å²) in [6.45, 7) is 3.79. The minimum atomic E-state index is -0.767. The first-order valence-corrected chi connectivity index (χ1v) is 11.5. The summed E-state index contributed by atoms with van der Waals surface area (Å²) in [7, 11) is 0. The first-order valence-electron chi connectivity index (χ1n) is 11.5. The lowest BCUT2D eigenvalue weighted by Gasteiger charge is -2.32. The molecule has 4 rings (SSSR count). The standard InChI is InChI=1S/C27H28N2O5/c1-2-33-27(32)34-22-12-10-21(11-13-22)26(31)29-16-14-19(15-17-29)18-28-25(30)24-9-5-7-20-6-3-4-8-23(20)24/h3-13,19H,2,14-18H2,1H3,(H,28,30). The molecule has 176 valence electrons. The minimum absolute atomic E-state index is 0.0547. The molecule has 0 aliphatic carbocycles. The monoisotopic (exact) mass is 460 g/mol. The molecule has 0 aromatic heterocycles. The van der Waals surface area contributed by atoms with Gasteiger partial charge in [0, 0.05) is 30.8 Å². The molecule has 7 nitrogen and oxygen atoms in total. The second-order valence-electron chi connectivity index (χ2n) is 8.28. The van der Waals surface area contributed by atoms with E-state index in [1.165, 1.54) is 0 Å². The lowest BCUT2D eigenvalue weighted by atomic mass is 9.96. The van der Waals surface area contributed by atoms with Gasteiger partial charge in [0.05, 0.1) is 6.61 Å². The van der Waals surface area contributed by atoms with E-state index in [1.807, 2.05) is 47.4 Å². The van der Waals surface area contributed by atoms with E-state index in [4.69, 9.17) is 9.47 Å². The molecule has 7 heteroatoms. The van der Waals surface area contributed by atoms with E-state index in [9.17, 15) is 14.4 Å². The number of carbonyl (C=O) groups is 3. The van der Waals surface area contributed by atoms with Crippen LogP contribution < -0.4 is 10.1 Å². The Hall–Kier alpha value is -3.87. The van der Waals surface area contributed by atoms with Gasteiger partial charge >= 0.3 is 6.16 Å². The summed E-state index contributed by atoms with van der Waals surface area (Å²) in [6, 6.07) is 20.1. The molecule has 0 saturated carbocycles. The number of benzene rings is 3. The average molecular weight is 461 g/mol. The molecule has 0 bridgehead atoms. The van der Waals surface area contributed by atoms with E-state index in [1.54, 1.807) is 31.2 Å². The van der Waals surface area contributed by atoms with E-state index in [2.05, 4.69) is 5.32 Å². The van der Waals surface area contributed by atoms with Gasteiger partial charge in [-0.05, 0) is 66.8 Å². The summed E-state index contributed by atoms with van der Waals surface area (Å²) in [5.41, 5.74) is 1.22. The highest BCUT2D eigenvalue weighted by atomic mass is 16.7. The molecule has 3 aromatic carbocycles. The van der Waals surface area contributed by atoms with Crippen LogP contribution in [0, 0.1) is 5.92 Å². The maximum absolute atomic E-state index is 12.8. The number of amides is 2. The predicted octanol–water partition coefficient (Wildman–Crippen LogP) is 4.66. The highest BCUT2D eigenvalue weighted by Gasteiger charge is 2.24. The number of piperidine rings is 1. The summed E-state index contributed by atoms with van der Waals surface area (Å²) in [5, 5.41) is 5.06. The molecular formula is C27H28N2O5. The summed E-state index contributed by atoms with van der Waals surface area (Å²) in [5.74, 6) is 0.528. The van der Waals surface area contributed by atoms with Crippen molar-refractivity contribution in [1.82, 2.24) is 10.2 Å². The van der Waals surface area contributed by atoms with Crippen LogP contribution in [-0.4, -0.2) is 49.1 Å². The zero-order valence-corrected chi connectivity index (χ0v) is 19.2. The normalized spacial score (nSPS) is 14.0. The Labute approximate surface area is 198 Å². The number of hydrogen-bond acceptors (Lipinski definition) is 5. The van der Waals surface area contributed by atoms with Crippen LogP contribution in [0.4, 0.5) is 4.79 Å². The van der Waals surface area contributed by atoms with Crippen LogP contribution in [0.1, 0.15) is 40.5 Å². The van der Waals surface area contributed by atoms with Crippen molar-refractivity contribution < 1.29 is 23.9 Å². The molecule has 0 atom stereocenters. The fraction of sp³-hybridized carbons (Fsp3) is 0.296. The van der Waals surface area contributed by atoms with Crippen LogP contribution in [0.15, 0.2) is 66.7 Å². The zero-order valence-electron chi connectivity index (χ0n) is 19.2. The summed E-state index contributed by atoms with van der Waals surface area (Å²) < 4.78 is 9.78. The molecule has 1 fully saturated rings. The highest BCUT2D eigenvalue weighted by molar-refractivity contribution is 6.07. The van der Waals surface area contributed by atoms with E-state index in [0.717, 1.165) is 23.6 Å². The van der Waals surface area contributed by atoms with Crippen molar-refractivity contribution in [2.75, 3.05) is 26.2 Å². The lowest BCUT2D eigenvalue weighted by molar-refractivity contribution is 0.0684. The number of nitrogens with zero attached hydrogens (tertiary/aromatic N) is 1. The summed E-state index contributed by atoms with van der Waals surface area (Å²) in [4.78, 5) is 38.8. The first-order chi connectivity index (χ1) is 16.5. The van der Waals surface area contributed by atoms with Crippen LogP contribution in [0.5, 0.6) is 5.75 Å². The van der Waals surface area contributed by atoms with Crippen LogP contribution in [-0.2, 0) is 4.74 Å². The van der Waals surface area contributed by atoms with Crippen LogP contribution in [0.3, 0.4) is 0 Å². The van der Waals surface area contributed by atoms with Gasteiger partial charge < -0.3 is 19.7 Å². The van der Waals surface area contributed by atoms with Crippen molar-refractivity contribution in [3.63, 3.8) is 0 Å². The fourth-order valence-electron chi connectivity index (χ4n) is 4.19. The predicted molar refractivity (Wildman–Crippen MR) is 129 cm³/mol. The molecule has 1 heterocycles. The van der Waals surface area contributed by atoms with Crippen LogP contribution in [0.2, 0.25) is 0 Å². The van der Waals surface area contributed by atoms with Crippen molar-refractivity contribution in [1.29, 1.82) is 0 Å². The van der Waals surface area contributed by atoms with Crippen molar-refractivity contribution in [2.45, 2.75) is 19.8 Å². The maximum Gasteiger partial charge on any atom is 0.513 e. The Morgan fingerprint density at radius 2 is 1.65 bits per heavy atom. The van der Waals surface area contributed by atoms with Crippen molar-refractivity contribution >= 4 is 28.7 Å². The number of rotatable bonds is 6. The first kappa shape index (κ1) is 23.3. The van der Waals surface area contributed by atoms with E-state index < -0.39 is 6.16 Å². The molecular weight excluding hydrogens is 432 g/mol. The maximum atomic E-state index is 12.8. The lowest BCUT2D eigenvalue weighted by Crippen LogP contribution is -2.41. The van der Waals surface area contributed by atoms with Crippen LogP contribution in [0.25, 0.3) is 10.8 Å². The van der Waals surface area contributed by atoms with E-state index in [-0.39, 0.29) is 18.4 Å². The zero-order chi connectivity index (χ0) is 23.9.